The van der Waals surface area contributed by atoms with Crippen LogP contribution in [0.25, 0.3) is 16.2 Å². The molecule has 22 heavy (non-hydrogen) atoms. The minimum absolute atomic E-state index is 0.654. The maximum absolute atomic E-state index is 5.85. The summed E-state index contributed by atoms with van der Waals surface area (Å²) < 4.78 is 2.27. The number of nitrogens with two attached hydrogens (primary N) is 1. The van der Waals surface area contributed by atoms with Gasteiger partial charge in [0.2, 0.25) is 0 Å². The highest BCUT2D eigenvalue weighted by atomic mass is 32.1. The highest BCUT2D eigenvalue weighted by molar-refractivity contribution is 7.15. The summed E-state index contributed by atoms with van der Waals surface area (Å²) in [4.78, 5) is 5.97. The molecule has 4 heteroatoms. The van der Waals surface area contributed by atoms with Gasteiger partial charge in [-0.25, -0.2) is 4.98 Å². The molecule has 0 bridgehead atoms. The van der Waals surface area contributed by atoms with Gasteiger partial charge in [-0.2, -0.15) is 0 Å². The molecule has 1 aromatic carbocycles. The molecule has 3 nitrogen and oxygen atoms in total. The van der Waals surface area contributed by atoms with Gasteiger partial charge in [-0.15, -0.1) is 11.3 Å². The Bertz CT molecular complexity index is 828. The standard InChI is InChI=1S/C18H21N3S/c1-12-11-22-18-20-17(16(8-9-19)21(12)18)15-7-6-13-4-2-3-5-14(13)10-15/h6-7,10-11H,2-5,8-9,19H2,1H3. The van der Waals surface area contributed by atoms with E-state index in [1.54, 1.807) is 11.3 Å². The van der Waals surface area contributed by atoms with Gasteiger partial charge in [0.25, 0.3) is 0 Å². The largest absolute Gasteiger partial charge is 0.330 e. The van der Waals surface area contributed by atoms with E-state index in [1.165, 1.54) is 53.8 Å². The molecule has 0 fully saturated rings. The zero-order valence-electron chi connectivity index (χ0n) is 12.9. The second-order valence-corrected chi connectivity index (χ2v) is 6.97. The number of fused-ring (bicyclic) bond motifs is 2. The van der Waals surface area contributed by atoms with Crippen molar-refractivity contribution in [2.45, 2.75) is 39.0 Å². The third-order valence-electron chi connectivity index (χ3n) is 4.63. The summed E-state index contributed by atoms with van der Waals surface area (Å²) >= 11 is 1.71. The van der Waals surface area contributed by atoms with Crippen LogP contribution in [0.4, 0.5) is 0 Å². The molecule has 4 rings (SSSR count). The van der Waals surface area contributed by atoms with E-state index in [1.807, 2.05) is 0 Å². The topological polar surface area (TPSA) is 43.3 Å². The smallest absolute Gasteiger partial charge is 0.194 e. The summed E-state index contributed by atoms with van der Waals surface area (Å²) in [6, 6.07) is 6.90. The monoisotopic (exact) mass is 311 g/mol. The summed E-state index contributed by atoms with van der Waals surface area (Å²) in [7, 11) is 0. The number of thiazole rings is 1. The Kier molecular flexibility index (Phi) is 3.51. The van der Waals surface area contributed by atoms with Crippen molar-refractivity contribution in [2.75, 3.05) is 6.54 Å². The summed E-state index contributed by atoms with van der Waals surface area (Å²) in [5.74, 6) is 0. The van der Waals surface area contributed by atoms with Crippen LogP contribution in [-0.2, 0) is 19.3 Å². The van der Waals surface area contributed by atoms with Crippen molar-refractivity contribution in [3.63, 3.8) is 0 Å². The predicted molar refractivity (Wildman–Crippen MR) is 92.6 cm³/mol. The SMILES string of the molecule is Cc1csc2nc(-c3ccc4c(c3)CCCC4)c(CCN)n12. The van der Waals surface area contributed by atoms with Crippen LogP contribution in [-0.4, -0.2) is 15.9 Å². The number of hydrogen-bond acceptors (Lipinski definition) is 3. The lowest BCUT2D eigenvalue weighted by Crippen LogP contribution is -2.07. The van der Waals surface area contributed by atoms with Crippen molar-refractivity contribution >= 4 is 16.3 Å². The third kappa shape index (κ3) is 2.18. The first-order valence-corrected chi connectivity index (χ1v) is 8.93. The number of rotatable bonds is 3. The Morgan fingerprint density at radius 2 is 2.05 bits per heavy atom. The van der Waals surface area contributed by atoms with Crippen molar-refractivity contribution in [1.29, 1.82) is 0 Å². The zero-order chi connectivity index (χ0) is 15.1. The normalized spacial score (nSPS) is 14.5. The van der Waals surface area contributed by atoms with E-state index >= 15 is 0 Å². The van der Waals surface area contributed by atoms with Crippen LogP contribution in [0.2, 0.25) is 0 Å². The van der Waals surface area contributed by atoms with Crippen LogP contribution in [0, 0.1) is 6.92 Å². The van der Waals surface area contributed by atoms with Crippen LogP contribution in [0.15, 0.2) is 23.6 Å². The number of benzene rings is 1. The summed E-state index contributed by atoms with van der Waals surface area (Å²) in [6.45, 7) is 2.79. The van der Waals surface area contributed by atoms with Crippen molar-refractivity contribution in [1.82, 2.24) is 9.38 Å². The quantitative estimate of drug-likeness (QED) is 0.800. The van der Waals surface area contributed by atoms with E-state index in [2.05, 4.69) is 34.9 Å². The second-order valence-electron chi connectivity index (χ2n) is 6.13. The Labute approximate surface area is 134 Å². The number of hydrogen-bond donors (Lipinski definition) is 1. The molecule has 3 aromatic rings. The van der Waals surface area contributed by atoms with E-state index in [4.69, 9.17) is 10.7 Å². The highest BCUT2D eigenvalue weighted by Gasteiger charge is 2.18. The fourth-order valence-electron chi connectivity index (χ4n) is 3.54. The molecule has 2 aromatic heterocycles. The first-order chi connectivity index (χ1) is 10.8. The third-order valence-corrected chi connectivity index (χ3v) is 5.58. The van der Waals surface area contributed by atoms with Crippen LogP contribution in [0.3, 0.4) is 0 Å². The van der Waals surface area contributed by atoms with Gasteiger partial charge in [0, 0.05) is 23.1 Å². The van der Waals surface area contributed by atoms with Gasteiger partial charge in [-0.1, -0.05) is 12.1 Å². The number of aryl methyl sites for hydroxylation is 3. The fraction of sp³-hybridized carbons (Fsp3) is 0.389. The van der Waals surface area contributed by atoms with E-state index in [9.17, 15) is 0 Å². The molecule has 2 heterocycles. The maximum atomic E-state index is 5.85. The minimum atomic E-state index is 0.654. The van der Waals surface area contributed by atoms with Gasteiger partial charge >= 0.3 is 0 Å². The van der Waals surface area contributed by atoms with E-state index in [-0.39, 0.29) is 0 Å². The van der Waals surface area contributed by atoms with Gasteiger partial charge in [0.05, 0.1) is 11.4 Å². The molecule has 0 amide bonds. The predicted octanol–water partition coefficient (Wildman–Crippen LogP) is 3.75. The minimum Gasteiger partial charge on any atom is -0.330 e. The lowest BCUT2D eigenvalue weighted by molar-refractivity contribution is 0.686. The Morgan fingerprint density at radius 3 is 2.86 bits per heavy atom. The van der Waals surface area contributed by atoms with Crippen LogP contribution in [0.5, 0.6) is 0 Å². The number of nitrogens with zero attached hydrogens (tertiary/aromatic N) is 2. The van der Waals surface area contributed by atoms with Crippen LogP contribution in [0.1, 0.15) is 35.4 Å². The van der Waals surface area contributed by atoms with Crippen molar-refractivity contribution in [3.8, 4) is 11.3 Å². The average Bonchev–Trinajstić information content (AvgIpc) is 3.08. The molecule has 0 radical (unpaired) electrons. The number of aromatic nitrogens is 2. The summed E-state index contributed by atoms with van der Waals surface area (Å²) in [5, 5.41) is 2.17. The first kappa shape index (κ1) is 14.0. The summed E-state index contributed by atoms with van der Waals surface area (Å²) in [6.07, 6.45) is 5.93. The molecular formula is C18H21N3S. The first-order valence-electron chi connectivity index (χ1n) is 8.05. The Hall–Kier alpha value is -1.65. The lowest BCUT2D eigenvalue weighted by atomic mass is 9.89. The van der Waals surface area contributed by atoms with Gasteiger partial charge in [-0.3, -0.25) is 4.40 Å². The maximum Gasteiger partial charge on any atom is 0.194 e. The van der Waals surface area contributed by atoms with E-state index in [0.717, 1.165) is 17.1 Å². The molecular weight excluding hydrogens is 290 g/mol. The highest BCUT2D eigenvalue weighted by Crippen LogP contribution is 2.31. The Balaban J connectivity index is 1.88. The van der Waals surface area contributed by atoms with Gasteiger partial charge in [0.1, 0.15) is 0 Å². The molecule has 0 saturated carbocycles. The van der Waals surface area contributed by atoms with Crippen molar-refractivity contribution < 1.29 is 0 Å². The van der Waals surface area contributed by atoms with Crippen LogP contribution < -0.4 is 5.73 Å². The van der Waals surface area contributed by atoms with E-state index < -0.39 is 0 Å². The average molecular weight is 311 g/mol. The van der Waals surface area contributed by atoms with E-state index in [0.29, 0.717) is 6.54 Å². The second kappa shape index (κ2) is 5.52. The number of imidazole rings is 1. The molecule has 0 aliphatic heterocycles. The molecule has 2 N–H and O–H groups in total. The van der Waals surface area contributed by atoms with Gasteiger partial charge < -0.3 is 5.73 Å². The molecule has 1 aliphatic carbocycles. The Morgan fingerprint density at radius 1 is 1.23 bits per heavy atom. The summed E-state index contributed by atoms with van der Waals surface area (Å²) in [5.41, 5.74) is 13.8. The molecule has 0 saturated heterocycles. The molecule has 1 aliphatic rings. The molecule has 0 atom stereocenters. The van der Waals surface area contributed by atoms with Crippen LogP contribution >= 0.6 is 11.3 Å². The molecule has 114 valence electrons. The van der Waals surface area contributed by atoms with Crippen molar-refractivity contribution in [3.05, 3.63) is 46.1 Å². The zero-order valence-corrected chi connectivity index (χ0v) is 13.7. The van der Waals surface area contributed by atoms with Gasteiger partial charge in [-0.05, 0) is 56.3 Å². The van der Waals surface area contributed by atoms with Crippen molar-refractivity contribution in [2.24, 2.45) is 5.73 Å². The van der Waals surface area contributed by atoms with Gasteiger partial charge in [0.15, 0.2) is 4.96 Å². The molecule has 0 spiro atoms. The molecule has 0 unspecified atom stereocenters. The lowest BCUT2D eigenvalue weighted by Gasteiger charge is -2.16. The fourth-order valence-corrected chi connectivity index (χ4v) is 4.43.